The SMILES string of the molecule is CC(C)(C)c1cccc(-c2cccc(CC(C)(C)c3cccc(C#N)c3)c2)c1. The van der Waals surface area contributed by atoms with Crippen molar-refractivity contribution < 1.29 is 0 Å². The highest BCUT2D eigenvalue weighted by atomic mass is 14.3. The zero-order valence-corrected chi connectivity index (χ0v) is 17.6. The van der Waals surface area contributed by atoms with Crippen molar-refractivity contribution in [2.45, 2.75) is 51.9 Å². The Balaban J connectivity index is 1.91. The number of nitrogens with zero attached hydrogens (tertiary/aromatic N) is 1. The Morgan fingerprint density at radius 2 is 1.32 bits per heavy atom. The molecule has 0 saturated carbocycles. The molecule has 28 heavy (non-hydrogen) atoms. The first kappa shape index (κ1) is 19.9. The fourth-order valence-corrected chi connectivity index (χ4v) is 3.65. The van der Waals surface area contributed by atoms with E-state index in [2.05, 4.69) is 95.3 Å². The molecular formula is C27H29N. The molecule has 3 aromatic rings. The van der Waals surface area contributed by atoms with Gasteiger partial charge in [-0.05, 0) is 57.2 Å². The van der Waals surface area contributed by atoms with Gasteiger partial charge in [-0.15, -0.1) is 0 Å². The van der Waals surface area contributed by atoms with Crippen LogP contribution >= 0.6 is 0 Å². The van der Waals surface area contributed by atoms with E-state index in [0.29, 0.717) is 0 Å². The third-order valence-corrected chi connectivity index (χ3v) is 5.41. The Morgan fingerprint density at radius 1 is 0.714 bits per heavy atom. The van der Waals surface area contributed by atoms with Gasteiger partial charge in [0.15, 0.2) is 0 Å². The first-order valence-corrected chi connectivity index (χ1v) is 9.89. The van der Waals surface area contributed by atoms with Crippen LogP contribution in [-0.2, 0) is 17.3 Å². The Hall–Kier alpha value is -2.85. The topological polar surface area (TPSA) is 23.8 Å². The quantitative estimate of drug-likeness (QED) is 0.485. The summed E-state index contributed by atoms with van der Waals surface area (Å²) in [7, 11) is 0. The molecule has 0 atom stereocenters. The first-order valence-electron chi connectivity index (χ1n) is 9.89. The molecular weight excluding hydrogens is 338 g/mol. The van der Waals surface area contributed by atoms with Crippen LogP contribution < -0.4 is 0 Å². The minimum atomic E-state index is -0.0429. The Kier molecular flexibility index (Phi) is 5.43. The second-order valence-corrected chi connectivity index (χ2v) is 9.28. The van der Waals surface area contributed by atoms with Gasteiger partial charge in [0.25, 0.3) is 0 Å². The molecule has 0 unspecified atom stereocenters. The lowest BCUT2D eigenvalue weighted by molar-refractivity contribution is 0.522. The molecule has 0 amide bonds. The largest absolute Gasteiger partial charge is 0.192 e. The summed E-state index contributed by atoms with van der Waals surface area (Å²) in [6, 6.07) is 27.9. The summed E-state index contributed by atoms with van der Waals surface area (Å²) in [5.41, 5.74) is 7.20. The van der Waals surface area contributed by atoms with E-state index in [1.54, 1.807) is 0 Å². The number of hydrogen-bond donors (Lipinski definition) is 0. The Labute approximate surface area is 169 Å². The van der Waals surface area contributed by atoms with Crippen molar-refractivity contribution in [3.63, 3.8) is 0 Å². The van der Waals surface area contributed by atoms with Crippen molar-refractivity contribution in [2.75, 3.05) is 0 Å². The lowest BCUT2D eigenvalue weighted by Gasteiger charge is -2.26. The molecule has 0 bridgehead atoms. The van der Waals surface area contributed by atoms with Gasteiger partial charge >= 0.3 is 0 Å². The van der Waals surface area contributed by atoms with Crippen LogP contribution in [0.2, 0.25) is 0 Å². The lowest BCUT2D eigenvalue weighted by atomic mass is 9.78. The van der Waals surface area contributed by atoms with Gasteiger partial charge < -0.3 is 0 Å². The van der Waals surface area contributed by atoms with Crippen LogP contribution in [0.3, 0.4) is 0 Å². The second kappa shape index (κ2) is 7.64. The molecule has 0 heterocycles. The summed E-state index contributed by atoms with van der Waals surface area (Å²) < 4.78 is 0. The highest BCUT2D eigenvalue weighted by molar-refractivity contribution is 5.65. The van der Waals surface area contributed by atoms with E-state index in [4.69, 9.17) is 0 Å². The summed E-state index contributed by atoms with van der Waals surface area (Å²) in [6.07, 6.45) is 0.925. The van der Waals surface area contributed by atoms with Crippen LogP contribution in [0.1, 0.15) is 56.9 Å². The highest BCUT2D eigenvalue weighted by Gasteiger charge is 2.22. The van der Waals surface area contributed by atoms with E-state index in [1.807, 2.05) is 18.2 Å². The molecule has 0 saturated heterocycles. The summed E-state index contributed by atoms with van der Waals surface area (Å²) in [5.74, 6) is 0. The molecule has 0 aliphatic carbocycles. The van der Waals surface area contributed by atoms with Crippen LogP contribution in [0.4, 0.5) is 0 Å². The van der Waals surface area contributed by atoms with Gasteiger partial charge in [0.1, 0.15) is 0 Å². The van der Waals surface area contributed by atoms with Gasteiger partial charge in [-0.1, -0.05) is 95.3 Å². The molecule has 0 N–H and O–H groups in total. The maximum Gasteiger partial charge on any atom is 0.0991 e. The molecule has 1 nitrogen and oxygen atoms in total. The van der Waals surface area contributed by atoms with Crippen LogP contribution in [0.15, 0.2) is 72.8 Å². The van der Waals surface area contributed by atoms with E-state index in [1.165, 1.54) is 27.8 Å². The molecule has 3 aromatic carbocycles. The number of hydrogen-bond acceptors (Lipinski definition) is 1. The second-order valence-electron chi connectivity index (χ2n) is 9.28. The summed E-state index contributed by atoms with van der Waals surface area (Å²) in [6.45, 7) is 11.2. The van der Waals surface area contributed by atoms with Gasteiger partial charge in [-0.25, -0.2) is 0 Å². The Bertz CT molecular complexity index is 1010. The van der Waals surface area contributed by atoms with Gasteiger partial charge in [-0.2, -0.15) is 5.26 Å². The van der Waals surface area contributed by atoms with Crippen molar-refractivity contribution in [3.05, 3.63) is 95.1 Å². The van der Waals surface area contributed by atoms with E-state index in [-0.39, 0.29) is 10.8 Å². The molecule has 0 spiro atoms. The molecule has 0 aliphatic rings. The van der Waals surface area contributed by atoms with E-state index < -0.39 is 0 Å². The minimum Gasteiger partial charge on any atom is -0.192 e. The molecule has 0 aromatic heterocycles. The predicted octanol–water partition coefficient (Wildman–Crippen LogP) is 7.04. The van der Waals surface area contributed by atoms with Crippen LogP contribution in [0.25, 0.3) is 11.1 Å². The molecule has 3 rings (SSSR count). The van der Waals surface area contributed by atoms with Crippen LogP contribution in [0.5, 0.6) is 0 Å². The number of nitriles is 1. The predicted molar refractivity (Wildman–Crippen MR) is 118 cm³/mol. The smallest absolute Gasteiger partial charge is 0.0991 e. The monoisotopic (exact) mass is 367 g/mol. The van der Waals surface area contributed by atoms with E-state index in [9.17, 15) is 5.26 Å². The van der Waals surface area contributed by atoms with Crippen molar-refractivity contribution >= 4 is 0 Å². The zero-order chi connectivity index (χ0) is 20.4. The Morgan fingerprint density at radius 3 is 2.00 bits per heavy atom. The molecule has 0 radical (unpaired) electrons. The summed E-state index contributed by atoms with van der Waals surface area (Å²) in [4.78, 5) is 0. The number of benzene rings is 3. The van der Waals surface area contributed by atoms with E-state index in [0.717, 1.165) is 12.0 Å². The van der Waals surface area contributed by atoms with Gasteiger partial charge in [0.2, 0.25) is 0 Å². The lowest BCUT2D eigenvalue weighted by Crippen LogP contribution is -2.20. The normalized spacial score (nSPS) is 11.9. The average molecular weight is 368 g/mol. The minimum absolute atomic E-state index is 0.0429. The first-order chi connectivity index (χ1) is 13.2. The zero-order valence-electron chi connectivity index (χ0n) is 17.6. The van der Waals surface area contributed by atoms with Crippen molar-refractivity contribution in [2.24, 2.45) is 0 Å². The van der Waals surface area contributed by atoms with Crippen LogP contribution in [-0.4, -0.2) is 0 Å². The molecule has 0 aliphatic heterocycles. The fraction of sp³-hybridized carbons (Fsp3) is 0.296. The van der Waals surface area contributed by atoms with Crippen molar-refractivity contribution in [3.8, 4) is 17.2 Å². The summed E-state index contributed by atoms with van der Waals surface area (Å²) >= 11 is 0. The van der Waals surface area contributed by atoms with Crippen molar-refractivity contribution in [1.82, 2.24) is 0 Å². The fourth-order valence-electron chi connectivity index (χ4n) is 3.65. The van der Waals surface area contributed by atoms with E-state index >= 15 is 0 Å². The third-order valence-electron chi connectivity index (χ3n) is 5.41. The third kappa shape index (κ3) is 4.52. The summed E-state index contributed by atoms with van der Waals surface area (Å²) in [5, 5.41) is 9.21. The molecule has 1 heteroatoms. The standard InChI is InChI=1S/C27H29N/c1-26(2,3)24-13-8-12-23(17-24)22-11-6-9-20(15-22)18-27(4,5)25-14-7-10-21(16-25)19-28/h6-17H,18H2,1-5H3. The van der Waals surface area contributed by atoms with Crippen LogP contribution in [0, 0.1) is 11.3 Å². The van der Waals surface area contributed by atoms with Crippen molar-refractivity contribution in [1.29, 1.82) is 5.26 Å². The molecule has 0 fully saturated rings. The average Bonchev–Trinajstić information content (AvgIpc) is 2.67. The number of rotatable bonds is 4. The maximum absolute atomic E-state index is 9.21. The molecule has 142 valence electrons. The van der Waals surface area contributed by atoms with Gasteiger partial charge in [0.05, 0.1) is 11.6 Å². The maximum atomic E-state index is 9.21. The highest BCUT2D eigenvalue weighted by Crippen LogP contribution is 2.31. The van der Waals surface area contributed by atoms with Gasteiger partial charge in [0, 0.05) is 0 Å². The van der Waals surface area contributed by atoms with Gasteiger partial charge in [-0.3, -0.25) is 0 Å².